The van der Waals surface area contributed by atoms with Crippen LogP contribution < -0.4 is 5.73 Å². The summed E-state index contributed by atoms with van der Waals surface area (Å²) in [5.41, 5.74) is 6.36. The molecule has 2 aromatic rings. The number of imidazole rings is 1. The molecule has 0 saturated heterocycles. The zero-order valence-corrected chi connectivity index (χ0v) is 11.4. The first-order valence-corrected chi connectivity index (χ1v) is 6.49. The van der Waals surface area contributed by atoms with Gasteiger partial charge in [0.1, 0.15) is 11.3 Å². The van der Waals surface area contributed by atoms with Gasteiger partial charge in [-0.25, -0.2) is 9.37 Å². The molecule has 0 bridgehead atoms. The summed E-state index contributed by atoms with van der Waals surface area (Å²) in [7, 11) is 2.54. The zero-order valence-electron chi connectivity index (χ0n) is 9.48. The van der Waals surface area contributed by atoms with Gasteiger partial charge in [-0.1, -0.05) is 17.7 Å². The number of aromatic nitrogens is 4. The number of hydrogen-bond donors (Lipinski definition) is 1. The van der Waals surface area contributed by atoms with Crippen molar-refractivity contribution in [2.45, 2.75) is 13.0 Å². The number of rotatable bonds is 4. The highest BCUT2D eigenvalue weighted by atomic mass is 35.5. The van der Waals surface area contributed by atoms with Crippen LogP contribution in [0, 0.1) is 0 Å². The average Bonchev–Trinajstić information content (AvgIpc) is 2.70. The molecule has 1 atom stereocenters. The minimum atomic E-state index is -0.245. The lowest BCUT2D eigenvalue weighted by Gasteiger charge is -2.02. The fraction of sp³-hybridized carbons (Fsp3) is 0.300. The highest BCUT2D eigenvalue weighted by Gasteiger charge is 2.11. The molecule has 2 N–H and O–H groups in total. The van der Waals surface area contributed by atoms with E-state index >= 15 is 0 Å². The van der Waals surface area contributed by atoms with Crippen LogP contribution in [0.3, 0.4) is 0 Å². The number of nitrogens with zero attached hydrogens (tertiary/aromatic N) is 4. The first kappa shape index (κ1) is 13.2. The molecule has 8 heteroatoms. The van der Waals surface area contributed by atoms with E-state index in [1.807, 2.05) is 0 Å². The van der Waals surface area contributed by atoms with E-state index in [9.17, 15) is 4.39 Å². The van der Waals surface area contributed by atoms with E-state index < -0.39 is 0 Å². The molecular formula is C10H12ClFN5P. The summed E-state index contributed by atoms with van der Waals surface area (Å²) in [4.78, 5) is 11.8. The molecule has 2 rings (SSSR count). The number of nitrogen functional groups attached to an aromatic ring is 1. The van der Waals surface area contributed by atoms with Crippen LogP contribution >= 0.6 is 20.8 Å². The molecule has 5 nitrogen and oxygen atoms in total. The Bertz CT molecular complexity index is 597. The maximum Gasteiger partial charge on any atom is 0.223 e. The molecule has 18 heavy (non-hydrogen) atoms. The molecule has 0 radical (unpaired) electrons. The van der Waals surface area contributed by atoms with Crippen molar-refractivity contribution in [1.82, 2.24) is 19.5 Å². The molecule has 0 aliphatic heterocycles. The van der Waals surface area contributed by atoms with Crippen LogP contribution in [0.15, 0.2) is 18.2 Å². The van der Waals surface area contributed by atoms with Gasteiger partial charge in [-0.2, -0.15) is 9.97 Å². The molecule has 0 aromatic carbocycles. The summed E-state index contributed by atoms with van der Waals surface area (Å²) in [6.45, 7) is 0.0634. The first-order chi connectivity index (χ1) is 8.61. The van der Waals surface area contributed by atoms with Gasteiger partial charge < -0.3 is 10.3 Å². The fourth-order valence-electron chi connectivity index (χ4n) is 1.51. The van der Waals surface area contributed by atoms with Crippen molar-refractivity contribution in [3.8, 4) is 0 Å². The third-order valence-corrected chi connectivity index (χ3v) is 2.89. The Morgan fingerprint density at radius 1 is 1.56 bits per heavy atom. The van der Waals surface area contributed by atoms with Gasteiger partial charge in [-0.05, 0) is 12.6 Å². The van der Waals surface area contributed by atoms with E-state index in [1.54, 1.807) is 4.57 Å². The highest BCUT2D eigenvalue weighted by molar-refractivity contribution is 7.16. The van der Waals surface area contributed by atoms with Crippen LogP contribution in [0.2, 0.25) is 5.15 Å². The van der Waals surface area contributed by atoms with E-state index in [2.05, 4.69) is 24.2 Å². The van der Waals surface area contributed by atoms with Gasteiger partial charge in [0.05, 0.1) is 12.9 Å². The lowest BCUT2D eigenvalue weighted by atomic mass is 10.4. The van der Waals surface area contributed by atoms with Crippen molar-refractivity contribution in [2.75, 3.05) is 11.9 Å². The molecule has 96 valence electrons. The molecule has 0 amide bonds. The Kier molecular flexibility index (Phi) is 4.09. The highest BCUT2D eigenvalue weighted by Crippen LogP contribution is 2.20. The van der Waals surface area contributed by atoms with Crippen LogP contribution in [0.25, 0.3) is 11.2 Å². The second-order valence-electron chi connectivity index (χ2n) is 3.65. The van der Waals surface area contributed by atoms with Gasteiger partial charge in [-0.15, -0.1) is 9.24 Å². The Morgan fingerprint density at radius 3 is 3.06 bits per heavy atom. The molecule has 0 saturated carbocycles. The van der Waals surface area contributed by atoms with Gasteiger partial charge in [0.2, 0.25) is 5.95 Å². The maximum absolute atomic E-state index is 13.6. The second-order valence-corrected chi connectivity index (χ2v) is 4.58. The van der Waals surface area contributed by atoms with Crippen LogP contribution in [0.1, 0.15) is 6.42 Å². The van der Waals surface area contributed by atoms with Crippen molar-refractivity contribution < 1.29 is 4.39 Å². The largest absolute Gasteiger partial charge is 0.368 e. The van der Waals surface area contributed by atoms with Crippen molar-refractivity contribution in [2.24, 2.45) is 0 Å². The van der Waals surface area contributed by atoms with Crippen LogP contribution in [0.4, 0.5) is 10.3 Å². The number of anilines is 1. The lowest BCUT2D eigenvalue weighted by molar-refractivity contribution is 0.556. The van der Waals surface area contributed by atoms with E-state index in [4.69, 9.17) is 17.3 Å². The van der Waals surface area contributed by atoms with E-state index in [0.717, 1.165) is 6.16 Å². The Labute approximate surface area is 110 Å². The first-order valence-electron chi connectivity index (χ1n) is 5.30. The molecule has 2 aromatic heterocycles. The molecule has 1 unspecified atom stereocenters. The van der Waals surface area contributed by atoms with Crippen molar-refractivity contribution in [3.05, 3.63) is 23.4 Å². The number of fused-ring (bicyclic) bond motifs is 1. The Balaban J connectivity index is 2.35. The molecule has 0 spiro atoms. The molecule has 0 fully saturated rings. The molecule has 0 aliphatic carbocycles. The van der Waals surface area contributed by atoms with Gasteiger partial charge in [0.25, 0.3) is 0 Å². The van der Waals surface area contributed by atoms with Crippen molar-refractivity contribution in [1.29, 1.82) is 0 Å². The summed E-state index contributed by atoms with van der Waals surface area (Å²) in [5.74, 6) is -0.200. The SMILES string of the molecule is Nc1nc(Cl)c2ncn(C/C(F)=C\CCP)c2n1. The van der Waals surface area contributed by atoms with Gasteiger partial charge in [-0.3, -0.25) is 0 Å². The minimum Gasteiger partial charge on any atom is -0.368 e. The fourth-order valence-corrected chi connectivity index (χ4v) is 1.90. The quantitative estimate of drug-likeness (QED) is 0.691. The zero-order chi connectivity index (χ0) is 13.1. The second kappa shape index (κ2) is 5.59. The van der Waals surface area contributed by atoms with Gasteiger partial charge >= 0.3 is 0 Å². The third kappa shape index (κ3) is 2.76. The summed E-state index contributed by atoms with van der Waals surface area (Å²) >= 11 is 5.88. The third-order valence-electron chi connectivity index (χ3n) is 2.29. The van der Waals surface area contributed by atoms with E-state index in [0.29, 0.717) is 17.6 Å². The van der Waals surface area contributed by atoms with Crippen molar-refractivity contribution in [3.63, 3.8) is 0 Å². The number of nitrogens with two attached hydrogens (primary N) is 1. The topological polar surface area (TPSA) is 69.6 Å². The van der Waals surface area contributed by atoms with Crippen LogP contribution in [-0.2, 0) is 6.54 Å². The predicted molar refractivity (Wildman–Crippen MR) is 73.1 cm³/mol. The summed E-state index contributed by atoms with van der Waals surface area (Å²) in [5, 5.41) is 0.172. The minimum absolute atomic E-state index is 0.0450. The summed E-state index contributed by atoms with van der Waals surface area (Å²) in [6.07, 6.45) is 4.49. The molecule has 0 aliphatic rings. The van der Waals surface area contributed by atoms with E-state index in [1.165, 1.54) is 12.4 Å². The van der Waals surface area contributed by atoms with Gasteiger partial charge in [0, 0.05) is 0 Å². The monoisotopic (exact) mass is 287 g/mol. The van der Waals surface area contributed by atoms with Crippen molar-refractivity contribution >= 4 is 38.0 Å². The summed E-state index contributed by atoms with van der Waals surface area (Å²) in [6, 6.07) is 0. The standard InChI is InChI=1S/C10H12ClFN5P/c11-8-7-9(16-10(13)15-8)17(5-14-7)4-6(12)2-1-3-18/h2,5H,1,3-4,18H2,(H2,13,15,16)/b6-2+. The molecular weight excluding hydrogens is 276 g/mol. The number of halogens is 2. The predicted octanol–water partition coefficient (Wildman–Crippen LogP) is 2.18. The Hall–Kier alpha value is -1.26. The lowest BCUT2D eigenvalue weighted by Crippen LogP contribution is -2.01. The van der Waals surface area contributed by atoms with E-state index in [-0.39, 0.29) is 23.5 Å². The number of allylic oxidation sites excluding steroid dienone is 2. The number of hydrogen-bond acceptors (Lipinski definition) is 4. The van der Waals surface area contributed by atoms with Crippen LogP contribution in [0.5, 0.6) is 0 Å². The average molecular weight is 288 g/mol. The molecule has 2 heterocycles. The summed E-state index contributed by atoms with van der Waals surface area (Å²) < 4.78 is 15.1. The normalized spacial score (nSPS) is 12.3. The van der Waals surface area contributed by atoms with Crippen LogP contribution in [-0.4, -0.2) is 25.7 Å². The Morgan fingerprint density at radius 2 is 2.33 bits per heavy atom. The van der Waals surface area contributed by atoms with Gasteiger partial charge in [0.15, 0.2) is 10.8 Å². The maximum atomic E-state index is 13.6. The smallest absolute Gasteiger partial charge is 0.223 e.